The number of benzene rings is 1. The summed E-state index contributed by atoms with van der Waals surface area (Å²) in [6.45, 7) is 4.68. The van der Waals surface area contributed by atoms with Crippen LogP contribution in [0.4, 0.5) is 22.0 Å². The molecule has 0 fully saturated rings. The molecule has 0 atom stereocenters. The Bertz CT molecular complexity index is 971. The van der Waals surface area contributed by atoms with E-state index in [2.05, 4.69) is 27.7 Å². The summed E-state index contributed by atoms with van der Waals surface area (Å²) in [6.07, 6.45) is 20.6. The fourth-order valence-corrected chi connectivity index (χ4v) is 16.2. The molecule has 0 heterocycles. The van der Waals surface area contributed by atoms with Gasteiger partial charge in [0.05, 0.1) is 0 Å². The van der Waals surface area contributed by atoms with Crippen LogP contribution in [0.15, 0.2) is 4.90 Å². The molecule has 0 radical (unpaired) electrons. The molecule has 0 spiro atoms. The minimum atomic E-state index is -5.33. The van der Waals surface area contributed by atoms with E-state index in [9.17, 15) is 30.4 Å². The fraction of sp³-hybridized carbons (Fsp3) is 0.824. The number of unbranched alkanes of at least 4 members (excludes halogenated alkanes) is 16. The van der Waals surface area contributed by atoms with Crippen molar-refractivity contribution in [3.63, 3.8) is 0 Å². The van der Waals surface area contributed by atoms with E-state index in [0.29, 0.717) is 50.3 Å². The summed E-state index contributed by atoms with van der Waals surface area (Å²) in [5, 5.41) is 0. The minimum absolute atomic E-state index is 0.485. The first-order valence-corrected chi connectivity index (χ1v) is 21.7. The molecule has 44 heavy (non-hydrogen) atoms. The van der Waals surface area contributed by atoms with Gasteiger partial charge in [0, 0.05) is 0 Å². The molecule has 1 aromatic carbocycles. The van der Waals surface area contributed by atoms with Gasteiger partial charge < -0.3 is 0 Å². The van der Waals surface area contributed by atoms with E-state index in [-0.39, 0.29) is 0 Å². The Morgan fingerprint density at radius 3 is 0.955 bits per heavy atom. The molecule has 0 aromatic heterocycles. The zero-order chi connectivity index (χ0) is 33.1. The summed E-state index contributed by atoms with van der Waals surface area (Å²) in [7, 11) is -5.33. The molecule has 0 saturated heterocycles. The van der Waals surface area contributed by atoms with E-state index in [1.54, 1.807) is 0 Å². The predicted octanol–water partition coefficient (Wildman–Crippen LogP) is 12.4. The van der Waals surface area contributed by atoms with Gasteiger partial charge in [0.2, 0.25) is 0 Å². The zero-order valence-corrected chi connectivity index (χ0v) is 29.7. The van der Waals surface area contributed by atoms with Gasteiger partial charge in [-0.3, -0.25) is 0 Å². The van der Waals surface area contributed by atoms with Crippen LogP contribution in [0.1, 0.15) is 156 Å². The van der Waals surface area contributed by atoms with E-state index < -0.39 is 50.9 Å². The first-order valence-electron chi connectivity index (χ1n) is 17.4. The van der Waals surface area contributed by atoms with Gasteiger partial charge in [-0.05, 0) is 0 Å². The Kier molecular flexibility index (Phi) is 19.8. The van der Waals surface area contributed by atoms with Crippen LogP contribution in [-0.4, -0.2) is 33.1 Å². The van der Waals surface area contributed by atoms with Gasteiger partial charge in [-0.25, -0.2) is 0 Å². The number of halogens is 5. The molecule has 0 unspecified atom stereocenters. The fourth-order valence-electron chi connectivity index (χ4n) is 6.40. The SMILES string of the molecule is CCCCCCCP(CCCCCCC)(CCCCCCC)(CCCCCCC)OS(=O)(=O)c1c(F)c(F)c(F)c(F)c1F. The maximum absolute atomic E-state index is 15.0. The average Bonchev–Trinajstić information content (AvgIpc) is 2.98. The number of hydrogen-bond acceptors (Lipinski definition) is 3. The molecular weight excluding hydrogens is 614 g/mol. The van der Waals surface area contributed by atoms with Crippen LogP contribution in [0.25, 0.3) is 0 Å². The van der Waals surface area contributed by atoms with Crippen molar-refractivity contribution >= 4 is 16.9 Å². The van der Waals surface area contributed by atoms with E-state index >= 15 is 0 Å². The van der Waals surface area contributed by atoms with Crippen molar-refractivity contribution in [1.82, 2.24) is 0 Å². The van der Waals surface area contributed by atoms with Gasteiger partial charge in [0.25, 0.3) is 0 Å². The van der Waals surface area contributed by atoms with Crippen molar-refractivity contribution in [1.29, 1.82) is 0 Å². The van der Waals surface area contributed by atoms with Crippen LogP contribution in [0.3, 0.4) is 0 Å². The van der Waals surface area contributed by atoms with Gasteiger partial charge in [-0.15, -0.1) is 0 Å². The van der Waals surface area contributed by atoms with Crippen molar-refractivity contribution in [2.24, 2.45) is 0 Å². The van der Waals surface area contributed by atoms with Gasteiger partial charge in [-0.2, -0.15) is 0 Å². The van der Waals surface area contributed by atoms with Crippen molar-refractivity contribution in [3.8, 4) is 0 Å². The molecule has 10 heteroatoms. The summed E-state index contributed by atoms with van der Waals surface area (Å²) >= 11 is 0. The van der Waals surface area contributed by atoms with Gasteiger partial charge >= 0.3 is 266 Å². The van der Waals surface area contributed by atoms with E-state index in [0.717, 1.165) is 103 Å². The Labute approximate surface area is 265 Å². The quantitative estimate of drug-likeness (QED) is 0.0307. The van der Waals surface area contributed by atoms with Gasteiger partial charge in [-0.1, -0.05) is 0 Å². The number of hydrogen-bond donors (Lipinski definition) is 0. The summed E-state index contributed by atoms with van der Waals surface area (Å²) in [6, 6.07) is 0. The maximum atomic E-state index is 15.0. The average molecular weight is 675 g/mol. The van der Waals surface area contributed by atoms with Crippen molar-refractivity contribution < 1.29 is 34.3 Å². The van der Waals surface area contributed by atoms with Crippen LogP contribution in [0, 0.1) is 29.1 Å². The molecule has 0 saturated carbocycles. The summed E-state index contributed by atoms with van der Waals surface area (Å²) in [4.78, 5) is -1.85. The molecule has 0 N–H and O–H groups in total. The van der Waals surface area contributed by atoms with E-state index in [4.69, 9.17) is 3.97 Å². The van der Waals surface area contributed by atoms with Crippen molar-refractivity contribution in [2.45, 2.75) is 161 Å². The molecule has 260 valence electrons. The molecule has 1 aromatic rings. The molecule has 0 aliphatic carbocycles. The Morgan fingerprint density at radius 1 is 0.432 bits per heavy atom. The van der Waals surface area contributed by atoms with E-state index in [1.165, 1.54) is 0 Å². The molecule has 0 aliphatic rings. The van der Waals surface area contributed by atoms with Gasteiger partial charge in [0.1, 0.15) is 0 Å². The Balaban J connectivity index is 3.76. The van der Waals surface area contributed by atoms with Crippen LogP contribution in [0.2, 0.25) is 0 Å². The normalized spacial score (nSPS) is 13.3. The third-order valence-electron chi connectivity index (χ3n) is 9.04. The zero-order valence-electron chi connectivity index (χ0n) is 27.9. The first-order chi connectivity index (χ1) is 20.9. The molecular formula is C34H60F5O3PS. The first kappa shape index (κ1) is 41.2. The van der Waals surface area contributed by atoms with E-state index in [1.807, 2.05) is 0 Å². The monoisotopic (exact) mass is 674 g/mol. The third-order valence-corrected chi connectivity index (χ3v) is 18.2. The standard InChI is InChI=1S/C34H60F5O3PS/c1-5-9-13-17-21-25-43(26-22-18-14-10-6-2,27-23-19-15-11-7-3,28-24-20-16-12-8-4)42-44(40,41)34-32(38)30(36)29(35)31(37)33(34)39/h5-28H2,1-4H3. The molecule has 3 nitrogen and oxygen atoms in total. The second-order valence-electron chi connectivity index (χ2n) is 12.8. The van der Waals surface area contributed by atoms with Crippen molar-refractivity contribution in [3.05, 3.63) is 29.1 Å². The van der Waals surface area contributed by atoms with Crippen LogP contribution in [0.5, 0.6) is 0 Å². The van der Waals surface area contributed by atoms with Crippen LogP contribution >= 0.6 is 6.83 Å². The molecule has 0 aliphatic heterocycles. The van der Waals surface area contributed by atoms with Gasteiger partial charge in [0.15, 0.2) is 0 Å². The van der Waals surface area contributed by atoms with Crippen LogP contribution < -0.4 is 0 Å². The van der Waals surface area contributed by atoms with Crippen molar-refractivity contribution in [2.75, 3.05) is 24.6 Å². The third kappa shape index (κ3) is 12.8. The molecule has 0 amide bonds. The Hall–Kier alpha value is -0.790. The predicted molar refractivity (Wildman–Crippen MR) is 176 cm³/mol. The molecule has 0 bridgehead atoms. The second kappa shape index (κ2) is 21.2. The van der Waals surface area contributed by atoms with Crippen LogP contribution in [-0.2, 0) is 14.1 Å². The summed E-state index contributed by atoms with van der Waals surface area (Å²) in [5.74, 6) is -11.6. The molecule has 1 rings (SSSR count). The Morgan fingerprint density at radius 2 is 0.682 bits per heavy atom. The summed E-state index contributed by atoms with van der Waals surface area (Å²) < 4.78 is 107. The second-order valence-corrected chi connectivity index (χ2v) is 20.3. The number of rotatable bonds is 27. The summed E-state index contributed by atoms with van der Waals surface area (Å²) in [5.41, 5.74) is 0. The topological polar surface area (TPSA) is 43.4 Å².